The fourth-order valence-corrected chi connectivity index (χ4v) is 4.06. The summed E-state index contributed by atoms with van der Waals surface area (Å²) in [5.41, 5.74) is 4.42. The van der Waals surface area contributed by atoms with Crippen LogP contribution in [0.1, 0.15) is 24.0 Å². The Morgan fingerprint density at radius 2 is 0.900 bits per heavy atom. The van der Waals surface area contributed by atoms with Crippen LogP contribution in [0.3, 0.4) is 0 Å². The summed E-state index contributed by atoms with van der Waals surface area (Å²) in [6.07, 6.45) is 0. The van der Waals surface area contributed by atoms with E-state index in [1.165, 1.54) is 0 Å². The van der Waals surface area contributed by atoms with Gasteiger partial charge in [0.05, 0.1) is 0 Å². The summed E-state index contributed by atoms with van der Waals surface area (Å²) in [4.78, 5) is 2.34. The minimum absolute atomic E-state index is 0.0200. The highest BCUT2D eigenvalue weighted by atomic mass is 16.3. The molecule has 0 aliphatic carbocycles. The Hall–Kier alpha value is -3.72. The second-order valence-electron chi connectivity index (χ2n) is 7.44. The van der Waals surface area contributed by atoms with E-state index in [-0.39, 0.29) is 23.5 Å². The summed E-state index contributed by atoms with van der Waals surface area (Å²) >= 11 is 0. The van der Waals surface area contributed by atoms with Gasteiger partial charge in [-0.15, -0.1) is 0 Å². The van der Waals surface area contributed by atoms with E-state index in [9.17, 15) is 10.2 Å². The molecule has 0 amide bonds. The summed E-state index contributed by atoms with van der Waals surface area (Å²) in [6, 6.07) is 35.6. The number of anilines is 2. The van der Waals surface area contributed by atoms with E-state index < -0.39 is 0 Å². The lowest BCUT2D eigenvalue weighted by atomic mass is 9.84. The van der Waals surface area contributed by atoms with Gasteiger partial charge in [-0.2, -0.15) is 0 Å². The summed E-state index contributed by atoms with van der Waals surface area (Å²) in [5.74, 6) is 0.518. The molecule has 0 saturated heterocycles. The molecule has 150 valence electrons. The van der Waals surface area contributed by atoms with Crippen molar-refractivity contribution in [3.63, 3.8) is 0 Å². The Kier molecular flexibility index (Phi) is 5.71. The predicted molar refractivity (Wildman–Crippen MR) is 123 cm³/mol. The number of para-hydroxylation sites is 2. The Bertz CT molecular complexity index is 976. The fourth-order valence-electron chi connectivity index (χ4n) is 4.06. The van der Waals surface area contributed by atoms with Crippen molar-refractivity contribution in [1.82, 2.24) is 0 Å². The zero-order chi connectivity index (χ0) is 20.9. The van der Waals surface area contributed by atoms with Gasteiger partial charge >= 0.3 is 0 Å². The summed E-state index contributed by atoms with van der Waals surface area (Å²) < 4.78 is 0. The van der Waals surface area contributed by atoms with Crippen LogP contribution in [0, 0.1) is 0 Å². The van der Waals surface area contributed by atoms with Gasteiger partial charge in [-0.3, -0.25) is 0 Å². The Morgan fingerprint density at radius 3 is 1.27 bits per heavy atom. The van der Waals surface area contributed by atoms with Crippen molar-refractivity contribution in [1.29, 1.82) is 0 Å². The van der Waals surface area contributed by atoms with Gasteiger partial charge < -0.3 is 15.1 Å². The Balaban J connectivity index is 1.85. The predicted octanol–water partition coefficient (Wildman–Crippen LogP) is 6.46. The minimum atomic E-state index is 0.0200. The van der Waals surface area contributed by atoms with Gasteiger partial charge in [0.1, 0.15) is 11.5 Å². The van der Waals surface area contributed by atoms with Crippen molar-refractivity contribution in [3.05, 3.63) is 120 Å². The first-order valence-corrected chi connectivity index (χ1v) is 10.1. The molecular formula is C27H25NO2. The molecule has 1 atom stereocenters. The van der Waals surface area contributed by atoms with E-state index in [0.717, 1.165) is 22.5 Å². The molecule has 1 unspecified atom stereocenters. The Morgan fingerprint density at radius 1 is 0.533 bits per heavy atom. The molecule has 3 nitrogen and oxygen atoms in total. The number of aromatic hydroxyl groups is 2. The van der Waals surface area contributed by atoms with Crippen LogP contribution in [0.5, 0.6) is 11.5 Å². The highest BCUT2D eigenvalue weighted by Crippen LogP contribution is 2.38. The number of hydrogen-bond donors (Lipinski definition) is 2. The van der Waals surface area contributed by atoms with E-state index in [1.807, 2.05) is 60.7 Å². The third kappa shape index (κ3) is 4.15. The van der Waals surface area contributed by atoms with Gasteiger partial charge in [-0.25, -0.2) is 0 Å². The lowest BCUT2D eigenvalue weighted by Gasteiger charge is -2.37. The molecule has 30 heavy (non-hydrogen) atoms. The van der Waals surface area contributed by atoms with Crippen LogP contribution in [0.2, 0.25) is 0 Å². The molecule has 4 aromatic carbocycles. The first-order chi connectivity index (χ1) is 14.6. The molecule has 0 aliphatic heterocycles. The third-order valence-electron chi connectivity index (χ3n) is 5.46. The van der Waals surface area contributed by atoms with E-state index >= 15 is 0 Å². The standard InChI is InChI=1S/C27H25NO2/c1-20(28(23-8-4-2-5-9-23)24-10-6-3-7-11-24)27(21-12-16-25(29)17-13-21)22-14-18-26(30)19-15-22/h2-20,27,29-30H,1H3. The number of phenolic OH excluding ortho intramolecular Hbond substituents is 2. The topological polar surface area (TPSA) is 43.7 Å². The minimum Gasteiger partial charge on any atom is -0.508 e. The second kappa shape index (κ2) is 8.75. The van der Waals surface area contributed by atoms with Crippen molar-refractivity contribution < 1.29 is 10.2 Å². The summed E-state index contributed by atoms with van der Waals surface area (Å²) in [6.45, 7) is 2.21. The summed E-state index contributed by atoms with van der Waals surface area (Å²) in [7, 11) is 0. The lowest BCUT2D eigenvalue weighted by Crippen LogP contribution is -2.34. The largest absolute Gasteiger partial charge is 0.508 e. The Labute approximate surface area is 177 Å². The maximum Gasteiger partial charge on any atom is 0.115 e. The van der Waals surface area contributed by atoms with Gasteiger partial charge in [0.2, 0.25) is 0 Å². The summed E-state index contributed by atoms with van der Waals surface area (Å²) in [5, 5.41) is 19.6. The molecule has 0 aromatic heterocycles. The quantitative estimate of drug-likeness (QED) is 0.394. The molecule has 4 aromatic rings. The van der Waals surface area contributed by atoms with Crippen LogP contribution in [-0.4, -0.2) is 16.3 Å². The van der Waals surface area contributed by atoms with Gasteiger partial charge in [0.25, 0.3) is 0 Å². The number of benzene rings is 4. The van der Waals surface area contributed by atoms with E-state index in [2.05, 4.69) is 36.1 Å². The molecule has 0 fully saturated rings. The molecule has 4 rings (SSSR count). The van der Waals surface area contributed by atoms with Gasteiger partial charge in [-0.1, -0.05) is 60.7 Å². The van der Waals surface area contributed by atoms with Crippen LogP contribution in [0.25, 0.3) is 0 Å². The van der Waals surface area contributed by atoms with Crippen LogP contribution < -0.4 is 4.90 Å². The molecule has 0 saturated carbocycles. The van der Waals surface area contributed by atoms with Gasteiger partial charge in [-0.05, 0) is 66.6 Å². The zero-order valence-electron chi connectivity index (χ0n) is 16.9. The highest BCUT2D eigenvalue weighted by Gasteiger charge is 2.28. The van der Waals surface area contributed by atoms with Crippen molar-refractivity contribution in [2.24, 2.45) is 0 Å². The van der Waals surface area contributed by atoms with Crippen molar-refractivity contribution in [3.8, 4) is 11.5 Å². The van der Waals surface area contributed by atoms with Crippen LogP contribution >= 0.6 is 0 Å². The number of phenols is 2. The fraction of sp³-hybridized carbons (Fsp3) is 0.111. The number of rotatable bonds is 6. The van der Waals surface area contributed by atoms with Gasteiger partial charge in [0, 0.05) is 23.3 Å². The monoisotopic (exact) mass is 395 g/mol. The van der Waals surface area contributed by atoms with Crippen LogP contribution in [0.15, 0.2) is 109 Å². The molecule has 0 aliphatic rings. The van der Waals surface area contributed by atoms with Crippen LogP contribution in [0.4, 0.5) is 11.4 Å². The van der Waals surface area contributed by atoms with Crippen LogP contribution in [-0.2, 0) is 0 Å². The first-order valence-electron chi connectivity index (χ1n) is 10.1. The molecule has 3 heteroatoms. The lowest BCUT2D eigenvalue weighted by molar-refractivity contribution is 0.474. The molecule has 0 radical (unpaired) electrons. The third-order valence-corrected chi connectivity index (χ3v) is 5.46. The van der Waals surface area contributed by atoms with E-state index in [1.54, 1.807) is 24.3 Å². The molecule has 0 heterocycles. The van der Waals surface area contributed by atoms with Crippen molar-refractivity contribution >= 4 is 11.4 Å². The van der Waals surface area contributed by atoms with Crippen molar-refractivity contribution in [2.75, 3.05) is 4.90 Å². The van der Waals surface area contributed by atoms with Gasteiger partial charge in [0.15, 0.2) is 0 Å². The maximum absolute atomic E-state index is 9.81. The normalized spacial score (nSPS) is 11.9. The zero-order valence-corrected chi connectivity index (χ0v) is 16.9. The molecule has 2 N–H and O–H groups in total. The highest BCUT2D eigenvalue weighted by molar-refractivity contribution is 5.65. The van der Waals surface area contributed by atoms with Crippen molar-refractivity contribution in [2.45, 2.75) is 18.9 Å². The average molecular weight is 396 g/mol. The second-order valence-corrected chi connectivity index (χ2v) is 7.44. The molecule has 0 spiro atoms. The molecular weight excluding hydrogens is 370 g/mol. The van der Waals surface area contributed by atoms with E-state index in [4.69, 9.17) is 0 Å². The average Bonchev–Trinajstić information content (AvgIpc) is 2.78. The maximum atomic E-state index is 9.81. The number of hydrogen-bond acceptors (Lipinski definition) is 3. The SMILES string of the molecule is CC(C(c1ccc(O)cc1)c1ccc(O)cc1)N(c1ccccc1)c1ccccc1. The molecule has 0 bridgehead atoms. The smallest absolute Gasteiger partial charge is 0.115 e. The number of nitrogens with zero attached hydrogens (tertiary/aromatic N) is 1. The van der Waals surface area contributed by atoms with E-state index in [0.29, 0.717) is 0 Å². The first kappa shape index (κ1) is 19.6.